The highest BCUT2D eigenvalue weighted by Gasteiger charge is 2.23. The fraction of sp³-hybridized carbons (Fsp3) is 0.500. The highest BCUT2D eigenvalue weighted by atomic mass is 16.5. The second-order valence-corrected chi connectivity index (χ2v) is 4.96. The Bertz CT molecular complexity index is 439. The maximum atomic E-state index is 11.6. The number of aryl methyl sites for hydroxylation is 1. The first-order valence-electron chi connectivity index (χ1n) is 6.34. The molecule has 1 aromatic rings. The number of hydrogen-bond acceptors (Lipinski definition) is 3. The first-order valence-corrected chi connectivity index (χ1v) is 6.34. The molecule has 0 aliphatic heterocycles. The Morgan fingerprint density at radius 1 is 1.56 bits per heavy atom. The summed E-state index contributed by atoms with van der Waals surface area (Å²) in [6.45, 7) is 3.95. The summed E-state index contributed by atoms with van der Waals surface area (Å²) in [5, 5.41) is 2.89. The molecule has 4 heteroatoms. The van der Waals surface area contributed by atoms with E-state index in [1.165, 1.54) is 0 Å². The van der Waals surface area contributed by atoms with E-state index in [4.69, 9.17) is 10.5 Å². The van der Waals surface area contributed by atoms with E-state index in [0.717, 1.165) is 24.0 Å². The molecule has 0 radical (unpaired) electrons. The minimum absolute atomic E-state index is 0.0552. The van der Waals surface area contributed by atoms with Crippen LogP contribution in [0.2, 0.25) is 0 Å². The molecule has 0 spiro atoms. The van der Waals surface area contributed by atoms with Crippen molar-refractivity contribution in [3.8, 4) is 5.75 Å². The number of nitrogens with two attached hydrogens (primary N) is 1. The molecule has 1 amide bonds. The number of hydrogen-bond donors (Lipinski definition) is 2. The van der Waals surface area contributed by atoms with E-state index in [0.29, 0.717) is 11.8 Å². The van der Waals surface area contributed by atoms with Crippen molar-refractivity contribution in [3.63, 3.8) is 0 Å². The van der Waals surface area contributed by atoms with Crippen molar-refractivity contribution >= 4 is 5.91 Å². The lowest BCUT2D eigenvalue weighted by molar-refractivity contribution is -0.123. The molecule has 1 atom stereocenters. The van der Waals surface area contributed by atoms with Crippen LogP contribution in [0.15, 0.2) is 18.2 Å². The zero-order valence-electron chi connectivity index (χ0n) is 10.9. The molecule has 1 aliphatic rings. The summed E-state index contributed by atoms with van der Waals surface area (Å²) >= 11 is 0. The second-order valence-electron chi connectivity index (χ2n) is 4.96. The highest BCUT2D eigenvalue weighted by Crippen LogP contribution is 2.25. The lowest BCUT2D eigenvalue weighted by Gasteiger charge is -2.14. The molecule has 0 unspecified atom stereocenters. The van der Waals surface area contributed by atoms with Crippen molar-refractivity contribution in [2.45, 2.75) is 38.8 Å². The van der Waals surface area contributed by atoms with E-state index >= 15 is 0 Å². The van der Waals surface area contributed by atoms with Gasteiger partial charge in [0.15, 0.2) is 6.61 Å². The number of nitrogens with one attached hydrogen (secondary N) is 1. The number of benzene rings is 1. The van der Waals surface area contributed by atoms with Crippen LogP contribution in [0.25, 0.3) is 0 Å². The number of ether oxygens (including phenoxy) is 1. The third-order valence-electron chi connectivity index (χ3n) is 2.96. The van der Waals surface area contributed by atoms with Crippen LogP contribution >= 0.6 is 0 Å². The number of carbonyl (C=O) groups excluding carboxylic acids is 1. The van der Waals surface area contributed by atoms with Gasteiger partial charge in [-0.1, -0.05) is 12.1 Å². The van der Waals surface area contributed by atoms with Gasteiger partial charge in [0.05, 0.1) is 0 Å². The number of carbonyl (C=O) groups is 1. The van der Waals surface area contributed by atoms with E-state index in [9.17, 15) is 4.79 Å². The molecule has 4 nitrogen and oxygen atoms in total. The molecule has 1 aliphatic carbocycles. The number of amides is 1. The largest absolute Gasteiger partial charge is 0.483 e. The van der Waals surface area contributed by atoms with Crippen molar-refractivity contribution in [1.29, 1.82) is 0 Å². The average molecular weight is 248 g/mol. The molecule has 18 heavy (non-hydrogen) atoms. The molecule has 0 aromatic heterocycles. The fourth-order valence-corrected chi connectivity index (χ4v) is 1.78. The van der Waals surface area contributed by atoms with Gasteiger partial charge in [0, 0.05) is 17.6 Å². The van der Waals surface area contributed by atoms with Gasteiger partial charge in [0.2, 0.25) is 0 Å². The first-order chi connectivity index (χ1) is 8.56. The van der Waals surface area contributed by atoms with Gasteiger partial charge in [-0.3, -0.25) is 4.79 Å². The van der Waals surface area contributed by atoms with Crippen LogP contribution in [-0.2, 0) is 4.79 Å². The Kier molecular flexibility index (Phi) is 3.87. The third kappa shape index (κ3) is 3.47. The Morgan fingerprint density at radius 2 is 2.28 bits per heavy atom. The van der Waals surface area contributed by atoms with Gasteiger partial charge in [-0.05, 0) is 38.3 Å². The quantitative estimate of drug-likeness (QED) is 0.833. The standard InChI is InChI=1S/C14H20N2O2/c1-9-3-6-12(10(2)15)13(7-9)18-8-14(17)16-11-4-5-11/h3,6-7,10-11H,4-5,8,15H2,1-2H3,(H,16,17)/t10-/m1/s1. The van der Waals surface area contributed by atoms with Crippen molar-refractivity contribution < 1.29 is 9.53 Å². The van der Waals surface area contributed by atoms with Crippen molar-refractivity contribution in [1.82, 2.24) is 5.32 Å². The van der Waals surface area contributed by atoms with Gasteiger partial charge in [-0.25, -0.2) is 0 Å². The predicted octanol–water partition coefficient (Wildman–Crippen LogP) is 1.67. The van der Waals surface area contributed by atoms with E-state index in [1.807, 2.05) is 32.0 Å². The summed E-state index contributed by atoms with van der Waals surface area (Å²) < 4.78 is 5.58. The van der Waals surface area contributed by atoms with Gasteiger partial charge < -0.3 is 15.8 Å². The maximum Gasteiger partial charge on any atom is 0.258 e. The average Bonchev–Trinajstić information content (AvgIpc) is 3.10. The zero-order valence-corrected chi connectivity index (χ0v) is 10.9. The lowest BCUT2D eigenvalue weighted by Crippen LogP contribution is -2.30. The van der Waals surface area contributed by atoms with Gasteiger partial charge in [0.1, 0.15) is 5.75 Å². The second kappa shape index (κ2) is 5.40. The van der Waals surface area contributed by atoms with E-state index in [1.54, 1.807) is 0 Å². The van der Waals surface area contributed by atoms with Crippen LogP contribution in [0.5, 0.6) is 5.75 Å². The van der Waals surface area contributed by atoms with Gasteiger partial charge in [-0.2, -0.15) is 0 Å². The van der Waals surface area contributed by atoms with Gasteiger partial charge in [-0.15, -0.1) is 0 Å². The minimum Gasteiger partial charge on any atom is -0.483 e. The summed E-state index contributed by atoms with van der Waals surface area (Å²) in [5.41, 5.74) is 7.91. The molecule has 2 rings (SSSR count). The topological polar surface area (TPSA) is 64.3 Å². The molecule has 0 saturated heterocycles. The normalized spacial score (nSPS) is 16.2. The summed E-state index contributed by atoms with van der Waals surface area (Å²) in [7, 11) is 0. The summed E-state index contributed by atoms with van der Waals surface area (Å²) in [4.78, 5) is 11.6. The van der Waals surface area contributed by atoms with E-state index in [-0.39, 0.29) is 18.6 Å². The third-order valence-corrected chi connectivity index (χ3v) is 2.96. The first kappa shape index (κ1) is 12.9. The van der Waals surface area contributed by atoms with Crippen molar-refractivity contribution in [2.75, 3.05) is 6.61 Å². The van der Waals surface area contributed by atoms with Crippen molar-refractivity contribution in [3.05, 3.63) is 29.3 Å². The Morgan fingerprint density at radius 3 is 2.89 bits per heavy atom. The molecular formula is C14H20N2O2. The Hall–Kier alpha value is -1.55. The number of rotatable bonds is 5. The summed E-state index contributed by atoms with van der Waals surface area (Å²) in [5.74, 6) is 0.644. The molecule has 98 valence electrons. The predicted molar refractivity (Wildman–Crippen MR) is 70.4 cm³/mol. The molecule has 0 heterocycles. The van der Waals surface area contributed by atoms with Gasteiger partial charge in [0.25, 0.3) is 5.91 Å². The smallest absolute Gasteiger partial charge is 0.258 e. The van der Waals surface area contributed by atoms with Crippen LogP contribution in [0.3, 0.4) is 0 Å². The van der Waals surface area contributed by atoms with E-state index in [2.05, 4.69) is 5.32 Å². The fourth-order valence-electron chi connectivity index (χ4n) is 1.78. The van der Waals surface area contributed by atoms with Gasteiger partial charge >= 0.3 is 0 Å². The van der Waals surface area contributed by atoms with Crippen LogP contribution in [0.4, 0.5) is 0 Å². The molecule has 0 bridgehead atoms. The minimum atomic E-state index is -0.105. The summed E-state index contributed by atoms with van der Waals surface area (Å²) in [6.07, 6.45) is 2.17. The Labute approximate surface area is 108 Å². The highest BCUT2D eigenvalue weighted by molar-refractivity contribution is 5.78. The molecule has 3 N–H and O–H groups in total. The molecule has 1 saturated carbocycles. The van der Waals surface area contributed by atoms with E-state index < -0.39 is 0 Å². The zero-order chi connectivity index (χ0) is 13.1. The molecule has 1 fully saturated rings. The molecular weight excluding hydrogens is 228 g/mol. The molecule has 1 aromatic carbocycles. The van der Waals surface area contributed by atoms with Crippen molar-refractivity contribution in [2.24, 2.45) is 5.73 Å². The maximum absolute atomic E-state index is 11.6. The van der Waals surface area contributed by atoms with Crippen LogP contribution in [-0.4, -0.2) is 18.6 Å². The van der Waals surface area contributed by atoms with Crippen LogP contribution < -0.4 is 15.8 Å². The lowest BCUT2D eigenvalue weighted by atomic mass is 10.1. The Balaban J connectivity index is 1.98. The van der Waals surface area contributed by atoms with Crippen LogP contribution in [0, 0.1) is 6.92 Å². The monoisotopic (exact) mass is 248 g/mol. The summed E-state index contributed by atoms with van der Waals surface area (Å²) in [6, 6.07) is 6.13. The SMILES string of the molecule is Cc1ccc([C@@H](C)N)c(OCC(=O)NC2CC2)c1. The van der Waals surface area contributed by atoms with Crippen LogP contribution in [0.1, 0.15) is 36.9 Å².